The summed E-state index contributed by atoms with van der Waals surface area (Å²) in [6, 6.07) is 2.00. The molecule has 3 nitrogen and oxygen atoms in total. The van der Waals surface area contributed by atoms with E-state index >= 15 is 0 Å². The van der Waals surface area contributed by atoms with Crippen LogP contribution in [0.5, 0.6) is 0 Å². The molecule has 1 aliphatic rings. The minimum atomic E-state index is 0.0442. The van der Waals surface area contributed by atoms with E-state index in [0.717, 1.165) is 35.7 Å². The smallest absolute Gasteiger partial charge is 0.141 e. The average Bonchev–Trinajstić information content (AvgIpc) is 2.29. The van der Waals surface area contributed by atoms with Gasteiger partial charge in [0.2, 0.25) is 0 Å². The van der Waals surface area contributed by atoms with Crippen molar-refractivity contribution < 1.29 is 4.79 Å². The van der Waals surface area contributed by atoms with Crippen molar-refractivity contribution in [2.24, 2.45) is 11.7 Å². The summed E-state index contributed by atoms with van der Waals surface area (Å²) in [6.07, 6.45) is 8.13. The molecule has 1 saturated carbocycles. The van der Waals surface area contributed by atoms with Gasteiger partial charge in [-0.05, 0) is 40.4 Å². The standard InChI is InChI=1S/C13H17BrN2O/c14-10-5-9(7-16-8-10)6-13(17)11-3-1-2-4-12(11)15/h5,7-8,11-12H,1-4,6,15H2. The van der Waals surface area contributed by atoms with Gasteiger partial charge in [-0.15, -0.1) is 0 Å². The number of carbonyl (C=O) groups excluding carboxylic acids is 1. The van der Waals surface area contributed by atoms with Gasteiger partial charge in [0.25, 0.3) is 0 Å². The van der Waals surface area contributed by atoms with Crippen molar-refractivity contribution in [3.8, 4) is 0 Å². The average molecular weight is 297 g/mol. The second-order valence-corrected chi connectivity index (χ2v) is 5.62. The number of halogens is 1. The Labute approximate surface area is 110 Å². The van der Waals surface area contributed by atoms with Crippen molar-refractivity contribution in [2.45, 2.75) is 38.1 Å². The monoisotopic (exact) mass is 296 g/mol. The topological polar surface area (TPSA) is 56.0 Å². The van der Waals surface area contributed by atoms with Crippen molar-refractivity contribution in [2.75, 3.05) is 0 Å². The number of rotatable bonds is 3. The molecule has 17 heavy (non-hydrogen) atoms. The first kappa shape index (κ1) is 12.7. The minimum absolute atomic E-state index is 0.0442. The van der Waals surface area contributed by atoms with Crippen LogP contribution in [-0.2, 0) is 11.2 Å². The van der Waals surface area contributed by atoms with Gasteiger partial charge >= 0.3 is 0 Å². The zero-order valence-electron chi connectivity index (χ0n) is 9.73. The van der Waals surface area contributed by atoms with Gasteiger partial charge in [-0.2, -0.15) is 0 Å². The van der Waals surface area contributed by atoms with E-state index in [4.69, 9.17) is 5.73 Å². The number of hydrogen-bond donors (Lipinski definition) is 1. The first-order valence-electron chi connectivity index (χ1n) is 6.04. The molecule has 2 unspecified atom stereocenters. The molecule has 0 amide bonds. The Morgan fingerprint density at radius 2 is 2.18 bits per heavy atom. The molecule has 0 aliphatic heterocycles. The van der Waals surface area contributed by atoms with E-state index in [1.165, 1.54) is 0 Å². The molecule has 0 bridgehead atoms. The molecule has 0 spiro atoms. The Morgan fingerprint density at radius 1 is 1.41 bits per heavy atom. The molecule has 1 aliphatic carbocycles. The molecule has 1 fully saturated rings. The summed E-state index contributed by atoms with van der Waals surface area (Å²) in [6.45, 7) is 0. The highest BCUT2D eigenvalue weighted by atomic mass is 79.9. The lowest BCUT2D eigenvalue weighted by Crippen LogP contribution is -2.38. The second kappa shape index (κ2) is 5.74. The van der Waals surface area contributed by atoms with Gasteiger partial charge in [-0.25, -0.2) is 0 Å². The lowest BCUT2D eigenvalue weighted by atomic mass is 9.81. The van der Waals surface area contributed by atoms with Crippen LogP contribution in [0.25, 0.3) is 0 Å². The summed E-state index contributed by atoms with van der Waals surface area (Å²) >= 11 is 3.36. The molecule has 0 aromatic carbocycles. The summed E-state index contributed by atoms with van der Waals surface area (Å²) in [5.41, 5.74) is 6.98. The fourth-order valence-corrected chi connectivity index (χ4v) is 2.86. The van der Waals surface area contributed by atoms with E-state index < -0.39 is 0 Å². The molecule has 2 rings (SSSR count). The van der Waals surface area contributed by atoms with Gasteiger partial charge in [0, 0.05) is 35.2 Å². The van der Waals surface area contributed by atoms with Crippen LogP contribution in [-0.4, -0.2) is 16.8 Å². The number of ketones is 1. The fourth-order valence-electron chi connectivity index (χ4n) is 2.44. The number of nitrogens with zero attached hydrogens (tertiary/aromatic N) is 1. The molecule has 1 aromatic heterocycles. The summed E-state index contributed by atoms with van der Waals surface area (Å²) in [5, 5.41) is 0. The molecular weight excluding hydrogens is 280 g/mol. The van der Waals surface area contributed by atoms with Crippen LogP contribution in [0.4, 0.5) is 0 Å². The highest BCUT2D eigenvalue weighted by molar-refractivity contribution is 9.10. The van der Waals surface area contributed by atoms with Crippen molar-refractivity contribution in [1.29, 1.82) is 0 Å². The number of carbonyl (C=O) groups is 1. The van der Waals surface area contributed by atoms with Gasteiger partial charge in [0.15, 0.2) is 0 Å². The van der Waals surface area contributed by atoms with Crippen LogP contribution < -0.4 is 5.73 Å². The van der Waals surface area contributed by atoms with Gasteiger partial charge in [-0.1, -0.05) is 12.8 Å². The third-order valence-corrected chi connectivity index (χ3v) is 3.81. The third kappa shape index (κ3) is 3.36. The molecule has 92 valence electrons. The Kier molecular flexibility index (Phi) is 4.29. The van der Waals surface area contributed by atoms with Crippen molar-refractivity contribution in [3.63, 3.8) is 0 Å². The number of pyridine rings is 1. The normalized spacial score (nSPS) is 24.6. The number of Topliss-reactive ketones (excluding diaryl/α,β-unsaturated/α-hetero) is 1. The maximum Gasteiger partial charge on any atom is 0.141 e. The Hall–Kier alpha value is -0.740. The van der Waals surface area contributed by atoms with E-state index in [-0.39, 0.29) is 17.7 Å². The van der Waals surface area contributed by atoms with Crippen LogP contribution in [0.3, 0.4) is 0 Å². The van der Waals surface area contributed by atoms with Gasteiger partial charge in [0.1, 0.15) is 5.78 Å². The van der Waals surface area contributed by atoms with E-state index in [1.807, 2.05) is 6.07 Å². The summed E-state index contributed by atoms with van der Waals surface area (Å²) < 4.78 is 0.913. The summed E-state index contributed by atoms with van der Waals surface area (Å²) in [7, 11) is 0. The molecule has 1 heterocycles. The lowest BCUT2D eigenvalue weighted by molar-refractivity contribution is -0.123. The summed E-state index contributed by atoms with van der Waals surface area (Å²) in [5.74, 6) is 0.305. The van der Waals surface area contributed by atoms with Gasteiger partial charge in [0.05, 0.1) is 0 Å². The van der Waals surface area contributed by atoms with Crippen LogP contribution in [0.15, 0.2) is 22.9 Å². The van der Waals surface area contributed by atoms with E-state index in [1.54, 1.807) is 12.4 Å². The highest BCUT2D eigenvalue weighted by Crippen LogP contribution is 2.25. The van der Waals surface area contributed by atoms with Crippen LogP contribution in [0, 0.1) is 5.92 Å². The predicted molar refractivity (Wildman–Crippen MR) is 70.6 cm³/mol. The van der Waals surface area contributed by atoms with E-state index in [0.29, 0.717) is 6.42 Å². The third-order valence-electron chi connectivity index (χ3n) is 3.37. The number of aromatic nitrogens is 1. The molecule has 2 N–H and O–H groups in total. The molecule has 1 aromatic rings. The molecule has 2 atom stereocenters. The molecule has 4 heteroatoms. The maximum atomic E-state index is 12.2. The molecular formula is C13H17BrN2O. The zero-order valence-corrected chi connectivity index (χ0v) is 11.3. The largest absolute Gasteiger partial charge is 0.327 e. The van der Waals surface area contributed by atoms with E-state index in [2.05, 4.69) is 20.9 Å². The van der Waals surface area contributed by atoms with Crippen LogP contribution in [0.1, 0.15) is 31.2 Å². The van der Waals surface area contributed by atoms with Gasteiger partial charge < -0.3 is 5.73 Å². The predicted octanol–water partition coefficient (Wildman–Crippen LogP) is 2.47. The minimum Gasteiger partial charge on any atom is -0.327 e. The fraction of sp³-hybridized carbons (Fsp3) is 0.538. The van der Waals surface area contributed by atoms with Crippen molar-refractivity contribution in [1.82, 2.24) is 4.98 Å². The Morgan fingerprint density at radius 3 is 2.88 bits per heavy atom. The first-order chi connectivity index (χ1) is 8.16. The lowest BCUT2D eigenvalue weighted by Gasteiger charge is -2.27. The number of hydrogen-bond acceptors (Lipinski definition) is 3. The first-order valence-corrected chi connectivity index (χ1v) is 6.84. The number of nitrogens with two attached hydrogens (primary N) is 1. The van der Waals surface area contributed by atoms with Crippen LogP contribution in [0.2, 0.25) is 0 Å². The quantitative estimate of drug-likeness (QED) is 0.932. The van der Waals surface area contributed by atoms with Gasteiger partial charge in [-0.3, -0.25) is 9.78 Å². The zero-order chi connectivity index (χ0) is 12.3. The molecule has 0 saturated heterocycles. The van der Waals surface area contributed by atoms with Crippen LogP contribution >= 0.6 is 15.9 Å². The maximum absolute atomic E-state index is 12.2. The second-order valence-electron chi connectivity index (χ2n) is 4.71. The SMILES string of the molecule is NC1CCCCC1C(=O)Cc1cncc(Br)c1. The Balaban J connectivity index is 2.01. The highest BCUT2D eigenvalue weighted by Gasteiger charge is 2.27. The molecule has 0 radical (unpaired) electrons. The Bertz CT molecular complexity index is 408. The van der Waals surface area contributed by atoms with E-state index in [9.17, 15) is 4.79 Å². The van der Waals surface area contributed by atoms with Crippen molar-refractivity contribution >= 4 is 21.7 Å². The summed E-state index contributed by atoms with van der Waals surface area (Å²) in [4.78, 5) is 16.2. The van der Waals surface area contributed by atoms with Crippen molar-refractivity contribution in [3.05, 3.63) is 28.5 Å².